The Morgan fingerprint density at radius 3 is 1.78 bits per heavy atom. The summed E-state index contributed by atoms with van der Waals surface area (Å²) in [7, 11) is 0. The zero-order valence-electron chi connectivity index (χ0n) is 13.1. The molecule has 0 saturated carbocycles. The van der Waals surface area contributed by atoms with Gasteiger partial charge in [-0.3, -0.25) is 9.59 Å². The van der Waals surface area contributed by atoms with E-state index in [0.29, 0.717) is 5.56 Å². The summed E-state index contributed by atoms with van der Waals surface area (Å²) in [5.41, 5.74) is -0.0303. The van der Waals surface area contributed by atoms with Crippen LogP contribution in [0.15, 0.2) is 60.7 Å². The third kappa shape index (κ3) is 2.72. The normalized spacial score (nSPS) is 18.9. The van der Waals surface area contributed by atoms with Gasteiger partial charge in [0.2, 0.25) is 0 Å². The smallest absolute Gasteiger partial charge is 0.331 e. The van der Waals surface area contributed by atoms with Crippen molar-refractivity contribution >= 4 is 11.9 Å². The van der Waals surface area contributed by atoms with Crippen LogP contribution < -0.4 is 0 Å². The van der Waals surface area contributed by atoms with Crippen LogP contribution in [0.5, 0.6) is 0 Å². The van der Waals surface area contributed by atoms with Crippen molar-refractivity contribution in [2.24, 2.45) is 0 Å². The number of carbonyl (C=O) groups is 2. The van der Waals surface area contributed by atoms with Crippen LogP contribution in [0.2, 0.25) is 0 Å². The molecule has 1 aliphatic rings. The number of cyclic esters (lactones) is 2. The number of carbonyl (C=O) groups excluding carboxylic acids is 2. The van der Waals surface area contributed by atoms with Gasteiger partial charge in [-0.15, -0.1) is 0 Å². The second-order valence-corrected chi connectivity index (χ2v) is 6.11. The fraction of sp³-hybridized carbons (Fsp3) is 0.263. The summed E-state index contributed by atoms with van der Waals surface area (Å²) in [6.07, 6.45) is 0.200. The Labute approximate surface area is 135 Å². The lowest BCUT2D eigenvalue weighted by Crippen LogP contribution is -2.57. The summed E-state index contributed by atoms with van der Waals surface area (Å²) in [5, 5.41) is 0. The predicted octanol–water partition coefficient (Wildman–Crippen LogP) is 3.00. The van der Waals surface area contributed by atoms with Gasteiger partial charge in [-0.2, -0.15) is 0 Å². The molecule has 0 atom stereocenters. The number of hydrogen-bond acceptors (Lipinski definition) is 4. The molecule has 0 bridgehead atoms. The maximum Gasteiger partial charge on any atom is 0.331 e. The molecule has 2 aromatic carbocycles. The highest BCUT2D eigenvalue weighted by Crippen LogP contribution is 2.38. The highest BCUT2D eigenvalue weighted by Gasteiger charge is 2.57. The average molecular weight is 310 g/mol. The van der Waals surface area contributed by atoms with E-state index in [1.54, 1.807) is 38.1 Å². The number of benzene rings is 2. The second kappa shape index (κ2) is 5.54. The molecule has 0 N–H and O–H groups in total. The summed E-state index contributed by atoms with van der Waals surface area (Å²) < 4.78 is 10.8. The van der Waals surface area contributed by atoms with Gasteiger partial charge in [-0.05, 0) is 11.1 Å². The fourth-order valence-corrected chi connectivity index (χ4v) is 2.83. The Hall–Kier alpha value is -2.62. The summed E-state index contributed by atoms with van der Waals surface area (Å²) in [6, 6.07) is 18.3. The van der Waals surface area contributed by atoms with Gasteiger partial charge in [0.15, 0.2) is 5.41 Å². The third-order valence-corrected chi connectivity index (χ3v) is 3.95. The zero-order chi connectivity index (χ0) is 16.5. The molecule has 3 rings (SSSR count). The van der Waals surface area contributed by atoms with E-state index in [4.69, 9.17) is 9.47 Å². The monoisotopic (exact) mass is 310 g/mol. The molecule has 0 amide bonds. The fourth-order valence-electron chi connectivity index (χ4n) is 2.83. The highest BCUT2D eigenvalue weighted by atomic mass is 16.7. The minimum atomic E-state index is -1.47. The first-order valence-corrected chi connectivity index (χ1v) is 7.50. The van der Waals surface area contributed by atoms with Crippen LogP contribution in [0, 0.1) is 0 Å². The minimum Gasteiger partial charge on any atom is -0.422 e. The second-order valence-electron chi connectivity index (χ2n) is 6.11. The van der Waals surface area contributed by atoms with E-state index >= 15 is 0 Å². The van der Waals surface area contributed by atoms with E-state index in [2.05, 4.69) is 0 Å². The number of hydrogen-bond donors (Lipinski definition) is 0. The first-order valence-electron chi connectivity index (χ1n) is 7.50. The minimum absolute atomic E-state index is 0.200. The van der Waals surface area contributed by atoms with Gasteiger partial charge in [0.1, 0.15) is 0 Å². The van der Waals surface area contributed by atoms with Crippen molar-refractivity contribution in [2.45, 2.75) is 31.5 Å². The van der Waals surface area contributed by atoms with Crippen LogP contribution in [-0.2, 0) is 30.9 Å². The van der Waals surface area contributed by atoms with Crippen molar-refractivity contribution in [1.82, 2.24) is 0 Å². The van der Waals surface area contributed by atoms with Crippen LogP contribution in [0.4, 0.5) is 0 Å². The van der Waals surface area contributed by atoms with Gasteiger partial charge in [0.05, 0.1) is 0 Å². The van der Waals surface area contributed by atoms with Crippen molar-refractivity contribution in [3.63, 3.8) is 0 Å². The van der Waals surface area contributed by atoms with E-state index in [1.165, 1.54) is 0 Å². The van der Waals surface area contributed by atoms with E-state index in [1.807, 2.05) is 36.4 Å². The SMILES string of the molecule is CC1(C)OC(=O)C(Cc2ccccc2)(c2ccccc2)C(=O)O1. The van der Waals surface area contributed by atoms with Gasteiger partial charge < -0.3 is 9.47 Å². The summed E-state index contributed by atoms with van der Waals surface area (Å²) in [4.78, 5) is 25.6. The quantitative estimate of drug-likeness (QED) is 0.646. The van der Waals surface area contributed by atoms with Crippen molar-refractivity contribution in [1.29, 1.82) is 0 Å². The summed E-state index contributed by atoms with van der Waals surface area (Å²) in [6.45, 7) is 3.11. The van der Waals surface area contributed by atoms with E-state index in [0.717, 1.165) is 5.56 Å². The van der Waals surface area contributed by atoms with Crippen LogP contribution in [0.25, 0.3) is 0 Å². The zero-order valence-corrected chi connectivity index (χ0v) is 13.1. The molecule has 1 heterocycles. The topological polar surface area (TPSA) is 52.6 Å². The van der Waals surface area contributed by atoms with E-state index < -0.39 is 23.1 Å². The third-order valence-electron chi connectivity index (χ3n) is 3.95. The average Bonchev–Trinajstić information content (AvgIpc) is 2.52. The predicted molar refractivity (Wildman–Crippen MR) is 84.5 cm³/mol. The molecule has 1 fully saturated rings. The molecule has 2 aromatic rings. The summed E-state index contributed by atoms with van der Waals surface area (Å²) in [5.74, 6) is -2.40. The van der Waals surface area contributed by atoms with Gasteiger partial charge in [-0.1, -0.05) is 60.7 Å². The number of rotatable bonds is 3. The van der Waals surface area contributed by atoms with Gasteiger partial charge in [0.25, 0.3) is 5.79 Å². The molecular formula is C19H18O4. The van der Waals surface area contributed by atoms with Crippen molar-refractivity contribution < 1.29 is 19.1 Å². The molecule has 0 aliphatic carbocycles. The van der Waals surface area contributed by atoms with E-state index in [9.17, 15) is 9.59 Å². The van der Waals surface area contributed by atoms with Crippen LogP contribution in [0.3, 0.4) is 0 Å². The largest absolute Gasteiger partial charge is 0.422 e. The molecule has 1 saturated heterocycles. The molecule has 118 valence electrons. The maximum atomic E-state index is 12.8. The lowest BCUT2D eigenvalue weighted by Gasteiger charge is -2.40. The Morgan fingerprint density at radius 1 is 0.783 bits per heavy atom. The van der Waals surface area contributed by atoms with Gasteiger partial charge in [-0.25, -0.2) is 0 Å². The number of esters is 2. The molecule has 4 nitrogen and oxygen atoms in total. The van der Waals surface area contributed by atoms with Gasteiger partial charge >= 0.3 is 11.9 Å². The Balaban J connectivity index is 2.11. The number of ether oxygens (including phenoxy) is 2. The lowest BCUT2D eigenvalue weighted by atomic mass is 9.74. The first kappa shape index (κ1) is 15.3. The lowest BCUT2D eigenvalue weighted by molar-refractivity contribution is -0.243. The molecule has 0 aromatic heterocycles. The Kier molecular flexibility index (Phi) is 3.68. The van der Waals surface area contributed by atoms with Crippen molar-refractivity contribution in [3.05, 3.63) is 71.8 Å². The Bertz CT molecular complexity index is 700. The van der Waals surface area contributed by atoms with Gasteiger partial charge in [0, 0.05) is 20.3 Å². The highest BCUT2D eigenvalue weighted by molar-refractivity contribution is 6.08. The molecule has 0 unspecified atom stereocenters. The molecule has 0 spiro atoms. The van der Waals surface area contributed by atoms with E-state index in [-0.39, 0.29) is 6.42 Å². The molecule has 0 radical (unpaired) electrons. The van der Waals surface area contributed by atoms with Crippen LogP contribution >= 0.6 is 0 Å². The Morgan fingerprint density at radius 2 is 1.26 bits per heavy atom. The van der Waals surface area contributed by atoms with Crippen molar-refractivity contribution in [2.75, 3.05) is 0 Å². The van der Waals surface area contributed by atoms with Crippen molar-refractivity contribution in [3.8, 4) is 0 Å². The standard InChI is InChI=1S/C19H18O4/c1-18(2)22-16(20)19(17(21)23-18,15-11-7-4-8-12-15)13-14-9-5-3-6-10-14/h3-12H,13H2,1-2H3. The van der Waals surface area contributed by atoms with Crippen LogP contribution in [-0.4, -0.2) is 17.7 Å². The molecule has 23 heavy (non-hydrogen) atoms. The molecular weight excluding hydrogens is 292 g/mol. The maximum absolute atomic E-state index is 12.8. The summed E-state index contributed by atoms with van der Waals surface area (Å²) >= 11 is 0. The molecule has 4 heteroatoms. The molecule has 1 aliphatic heterocycles. The first-order chi connectivity index (χ1) is 10.9. The van der Waals surface area contributed by atoms with Crippen LogP contribution in [0.1, 0.15) is 25.0 Å².